The Morgan fingerprint density at radius 2 is 0.872 bits per heavy atom. The molecular weight excluding hydrogens is 988 g/mol. The van der Waals surface area contributed by atoms with E-state index >= 15 is 0 Å². The lowest BCUT2D eigenvalue weighted by molar-refractivity contribution is -0.870. The van der Waals surface area contributed by atoms with E-state index in [0.29, 0.717) is 23.9 Å². The lowest BCUT2D eigenvalue weighted by atomic mass is 10.0. The maximum absolute atomic E-state index is 13.6. The van der Waals surface area contributed by atoms with Crippen LogP contribution in [0.4, 0.5) is 0 Å². The van der Waals surface area contributed by atoms with E-state index in [0.717, 1.165) is 89.9 Å². The molecule has 0 aliphatic carbocycles. The number of carbonyl (C=O) groups is 2. The van der Waals surface area contributed by atoms with Crippen molar-refractivity contribution in [1.29, 1.82) is 0 Å². The molecule has 0 saturated heterocycles. The molecule has 0 rings (SSSR count). The molecule has 0 spiro atoms. The van der Waals surface area contributed by atoms with Gasteiger partial charge in [0.15, 0.2) is 0 Å². The normalized spacial score (nSPS) is 14.5. The molecule has 1 amide bonds. The highest BCUT2D eigenvalue weighted by Crippen LogP contribution is 2.43. The Balaban J connectivity index is 5.29. The largest absolute Gasteiger partial charge is 0.472 e. The van der Waals surface area contributed by atoms with Crippen molar-refractivity contribution in [2.75, 3.05) is 40.9 Å². The summed E-state index contributed by atoms with van der Waals surface area (Å²) in [6, 6.07) is -0.877. The van der Waals surface area contributed by atoms with Crippen LogP contribution in [-0.4, -0.2) is 74.3 Å². The molecule has 446 valence electrons. The SMILES string of the molecule is CC\C=C/C=C/C=C/C=C\C=C\C=C\CCCCCC(=O)OC(/C=C\CCCCCCCCCCCC)C(COP(=O)(O)OCC[N+](C)(C)C)NC(=O)CCCCCCCCCCCC/C=C\C/C=C\C/C=C\CCCCC. The number of quaternary nitrogens is 1. The summed E-state index contributed by atoms with van der Waals surface area (Å²) in [5.41, 5.74) is 0. The molecule has 0 bridgehead atoms. The van der Waals surface area contributed by atoms with E-state index in [1.807, 2.05) is 94.1 Å². The van der Waals surface area contributed by atoms with Crippen molar-refractivity contribution in [3.63, 3.8) is 0 Å². The first-order valence-corrected chi connectivity index (χ1v) is 32.9. The average molecular weight is 1110 g/mol. The molecule has 0 aromatic heterocycles. The Labute approximate surface area is 480 Å². The van der Waals surface area contributed by atoms with Gasteiger partial charge in [0.1, 0.15) is 19.3 Å². The summed E-state index contributed by atoms with van der Waals surface area (Å²) < 4.78 is 30.7. The maximum Gasteiger partial charge on any atom is 0.472 e. The van der Waals surface area contributed by atoms with Crippen LogP contribution in [0.2, 0.25) is 0 Å². The maximum atomic E-state index is 13.6. The topological polar surface area (TPSA) is 111 Å². The number of phosphoric acid groups is 1. The summed E-state index contributed by atoms with van der Waals surface area (Å²) in [5, 5.41) is 3.04. The lowest BCUT2D eigenvalue weighted by Gasteiger charge is -2.27. The van der Waals surface area contributed by atoms with Crippen LogP contribution in [0.5, 0.6) is 0 Å². The van der Waals surface area contributed by atoms with Gasteiger partial charge in [-0.15, -0.1) is 0 Å². The summed E-state index contributed by atoms with van der Waals surface area (Å²) >= 11 is 0. The molecule has 10 heteroatoms. The number of unbranched alkanes of at least 4 members (excludes halogenated alkanes) is 26. The van der Waals surface area contributed by atoms with Crippen LogP contribution < -0.4 is 5.32 Å². The van der Waals surface area contributed by atoms with Gasteiger partial charge in [0.25, 0.3) is 0 Å². The van der Waals surface area contributed by atoms with Crippen molar-refractivity contribution in [3.05, 3.63) is 122 Å². The second kappa shape index (κ2) is 56.7. The van der Waals surface area contributed by atoms with E-state index in [1.165, 1.54) is 116 Å². The van der Waals surface area contributed by atoms with Gasteiger partial charge in [0.2, 0.25) is 5.91 Å². The molecule has 0 aromatic carbocycles. The van der Waals surface area contributed by atoms with E-state index < -0.39 is 20.0 Å². The molecule has 0 radical (unpaired) electrons. The number of allylic oxidation sites excluding steroid dienone is 19. The van der Waals surface area contributed by atoms with Gasteiger partial charge >= 0.3 is 13.8 Å². The van der Waals surface area contributed by atoms with Crippen molar-refractivity contribution in [2.45, 2.75) is 258 Å². The first-order valence-electron chi connectivity index (χ1n) is 31.4. The predicted octanol–water partition coefficient (Wildman–Crippen LogP) is 19.5. The Kier molecular flexibility index (Phi) is 54.1. The third-order valence-corrected chi connectivity index (χ3v) is 14.3. The van der Waals surface area contributed by atoms with Gasteiger partial charge in [-0.2, -0.15) is 0 Å². The number of hydrogen-bond donors (Lipinski definition) is 2. The predicted molar refractivity (Wildman–Crippen MR) is 336 cm³/mol. The van der Waals surface area contributed by atoms with E-state index in [2.05, 4.69) is 74.7 Å². The molecule has 0 aromatic rings. The molecule has 2 N–H and O–H groups in total. The van der Waals surface area contributed by atoms with Crippen molar-refractivity contribution in [2.24, 2.45) is 0 Å². The number of nitrogens with one attached hydrogen (secondary N) is 1. The molecule has 0 fully saturated rings. The zero-order valence-corrected chi connectivity index (χ0v) is 51.8. The number of rotatable bonds is 55. The van der Waals surface area contributed by atoms with Crippen LogP contribution >= 0.6 is 7.82 Å². The Morgan fingerprint density at radius 3 is 1.38 bits per heavy atom. The van der Waals surface area contributed by atoms with Crippen LogP contribution in [0.15, 0.2) is 122 Å². The zero-order valence-electron chi connectivity index (χ0n) is 50.9. The Hall–Kier alpha value is -3.59. The van der Waals surface area contributed by atoms with Crippen molar-refractivity contribution >= 4 is 19.7 Å². The lowest BCUT2D eigenvalue weighted by Crippen LogP contribution is -2.47. The zero-order chi connectivity index (χ0) is 57.2. The van der Waals surface area contributed by atoms with Crippen molar-refractivity contribution < 1.29 is 37.3 Å². The number of ether oxygens (including phenoxy) is 1. The Morgan fingerprint density at radius 1 is 0.474 bits per heavy atom. The molecule has 3 unspecified atom stereocenters. The van der Waals surface area contributed by atoms with Crippen LogP contribution in [0.1, 0.15) is 245 Å². The van der Waals surface area contributed by atoms with Crippen molar-refractivity contribution in [3.8, 4) is 0 Å². The number of likely N-dealkylation sites (N-methyl/N-ethyl adjacent to an activating group) is 1. The fourth-order valence-corrected chi connectivity index (χ4v) is 9.18. The van der Waals surface area contributed by atoms with Crippen molar-refractivity contribution in [1.82, 2.24) is 5.32 Å². The monoisotopic (exact) mass is 1110 g/mol. The first-order chi connectivity index (χ1) is 37.9. The van der Waals surface area contributed by atoms with E-state index in [9.17, 15) is 19.0 Å². The minimum Gasteiger partial charge on any atom is -0.456 e. The number of nitrogens with zero attached hydrogens (tertiary/aromatic N) is 1. The summed E-state index contributed by atoms with van der Waals surface area (Å²) in [4.78, 5) is 37.7. The smallest absolute Gasteiger partial charge is 0.456 e. The Bertz CT molecular complexity index is 1750. The van der Waals surface area contributed by atoms with E-state index in [4.69, 9.17) is 13.8 Å². The summed E-state index contributed by atoms with van der Waals surface area (Å²) in [5.74, 6) is -0.567. The van der Waals surface area contributed by atoms with Gasteiger partial charge in [-0.1, -0.05) is 265 Å². The van der Waals surface area contributed by atoms with Crippen LogP contribution in [-0.2, 0) is 27.9 Å². The van der Waals surface area contributed by atoms with Crippen LogP contribution in [0.3, 0.4) is 0 Å². The van der Waals surface area contributed by atoms with E-state index in [-0.39, 0.29) is 31.5 Å². The molecule has 3 atom stereocenters. The highest BCUT2D eigenvalue weighted by Gasteiger charge is 2.30. The number of esters is 1. The highest BCUT2D eigenvalue weighted by molar-refractivity contribution is 7.47. The molecule has 9 nitrogen and oxygen atoms in total. The first kappa shape index (κ1) is 74.4. The fourth-order valence-electron chi connectivity index (χ4n) is 8.45. The molecule has 0 aliphatic heterocycles. The average Bonchev–Trinajstić information content (AvgIpc) is 3.40. The number of amides is 1. The number of carbonyl (C=O) groups excluding carboxylic acids is 2. The minimum atomic E-state index is -4.47. The summed E-state index contributed by atoms with van der Waals surface area (Å²) in [6.07, 6.45) is 79.1. The van der Waals surface area contributed by atoms with Gasteiger partial charge in [0, 0.05) is 12.8 Å². The fraction of sp³-hybridized carbons (Fsp3) is 0.676. The minimum absolute atomic E-state index is 0.0252. The van der Waals surface area contributed by atoms with Gasteiger partial charge in [-0.25, -0.2) is 4.57 Å². The third-order valence-electron chi connectivity index (χ3n) is 13.3. The molecular formula is C68H118N2O7P+. The quantitative estimate of drug-likeness (QED) is 0.0156. The van der Waals surface area contributed by atoms with Gasteiger partial charge in [-0.05, 0) is 89.5 Å². The molecule has 78 heavy (non-hydrogen) atoms. The molecule has 0 aliphatic rings. The number of phosphoric ester groups is 1. The summed E-state index contributed by atoms with van der Waals surface area (Å²) in [6.45, 7) is 6.79. The second-order valence-electron chi connectivity index (χ2n) is 22.0. The van der Waals surface area contributed by atoms with Gasteiger partial charge in [-0.3, -0.25) is 18.6 Å². The van der Waals surface area contributed by atoms with Crippen LogP contribution in [0.25, 0.3) is 0 Å². The van der Waals surface area contributed by atoms with Gasteiger partial charge in [0.05, 0.1) is 33.8 Å². The van der Waals surface area contributed by atoms with E-state index in [1.54, 1.807) is 0 Å². The third kappa shape index (κ3) is 57.1. The highest BCUT2D eigenvalue weighted by atomic mass is 31.2. The summed E-state index contributed by atoms with van der Waals surface area (Å²) in [7, 11) is 1.45. The van der Waals surface area contributed by atoms with Gasteiger partial charge < -0.3 is 19.4 Å². The second-order valence-corrected chi connectivity index (χ2v) is 23.5. The number of hydrogen-bond acceptors (Lipinski definition) is 6. The standard InChI is InChI=1S/C68H117N2O7P/c1-7-10-13-16-19-22-25-28-30-32-33-34-35-36-37-39-40-42-45-48-51-54-57-60-67(71)69-65(64-76-78(73,74)75-63-62-70(4,5)6)66(59-56-53-50-47-44-27-24-21-18-15-12-9-3)77-68(72)61-58-55-52-49-46-43-41-38-31-29-26-23-20-17-14-11-8-2/h11,14,17,19-20,22-23,26,28-31,33-34,38,41,43,46,56,59,65-66H,7-10,12-13,15-16,18,21,24-25,27,32,35-37,39-40,42,44-45,47-55,57-58,60-64H2,1-6H3,(H-,69,71,73,74)/p+1/b14-11-,20-17+,22-19-,26-23+,30-28-,31-29-,34-33-,41-38+,46-43+,59-56-. The molecule has 0 heterocycles. The van der Waals surface area contributed by atoms with Crippen LogP contribution in [0, 0.1) is 0 Å². The molecule has 0 saturated carbocycles.